The van der Waals surface area contributed by atoms with E-state index >= 15 is 0 Å². The second kappa shape index (κ2) is 26.5. The van der Waals surface area contributed by atoms with Crippen LogP contribution >= 0.6 is 0 Å². The molecule has 0 aliphatic carbocycles. The molecule has 0 N–H and O–H groups in total. The molecule has 0 rings (SSSR count). The summed E-state index contributed by atoms with van der Waals surface area (Å²) in [5.41, 5.74) is 0. The number of hydrogen-bond acceptors (Lipinski definition) is 4. The van der Waals surface area contributed by atoms with Crippen molar-refractivity contribution in [2.45, 2.75) is 129 Å². The summed E-state index contributed by atoms with van der Waals surface area (Å²) in [5.74, 6) is 0. The van der Waals surface area contributed by atoms with Crippen molar-refractivity contribution in [1.82, 2.24) is 0 Å². The summed E-state index contributed by atoms with van der Waals surface area (Å²) < 4.78 is 21.3. The molecule has 4 heteroatoms. The van der Waals surface area contributed by atoms with Crippen molar-refractivity contribution >= 4 is 0 Å². The Morgan fingerprint density at radius 1 is 0.633 bits per heavy atom. The van der Waals surface area contributed by atoms with E-state index in [0.717, 1.165) is 25.9 Å². The fourth-order valence-electron chi connectivity index (χ4n) is 3.59. The van der Waals surface area contributed by atoms with Gasteiger partial charge in [0.25, 0.3) is 0 Å². The lowest BCUT2D eigenvalue weighted by Crippen LogP contribution is -2.12. The standard InChI is InChI=1S/C26H52O4/c1-4-5-6-7-14-17-20-23-29-25-30-24-21-18-15-12-10-8-9-11-13-16-19-22-26(27-2)28-3/h21,24,26H,4-20,22-23,25H2,1-3H3. The highest BCUT2D eigenvalue weighted by atomic mass is 16.7. The Labute approximate surface area is 188 Å². The predicted molar refractivity (Wildman–Crippen MR) is 128 cm³/mol. The van der Waals surface area contributed by atoms with Crippen LogP contribution in [0.1, 0.15) is 122 Å². The minimum atomic E-state index is -0.0214. The molecular weight excluding hydrogens is 376 g/mol. The molecule has 0 fully saturated rings. The molecule has 0 aromatic heterocycles. The van der Waals surface area contributed by atoms with Crippen molar-refractivity contribution in [1.29, 1.82) is 0 Å². The molecule has 0 spiro atoms. The minimum absolute atomic E-state index is 0.0214. The molecule has 0 aliphatic heterocycles. The number of allylic oxidation sites excluding steroid dienone is 1. The first-order chi connectivity index (χ1) is 14.8. The summed E-state index contributed by atoms with van der Waals surface area (Å²) in [6.07, 6.45) is 27.1. The Kier molecular flexibility index (Phi) is 25.9. The van der Waals surface area contributed by atoms with Crippen LogP contribution in [-0.4, -0.2) is 33.9 Å². The monoisotopic (exact) mass is 428 g/mol. The smallest absolute Gasteiger partial charge is 0.188 e. The van der Waals surface area contributed by atoms with E-state index in [1.165, 1.54) is 96.3 Å². The number of methoxy groups -OCH3 is 2. The molecule has 0 bridgehead atoms. The Balaban J connectivity index is 3.12. The molecule has 0 radical (unpaired) electrons. The quantitative estimate of drug-likeness (QED) is 0.0835. The fraction of sp³-hybridized carbons (Fsp3) is 0.923. The van der Waals surface area contributed by atoms with E-state index in [1.807, 2.05) is 6.26 Å². The van der Waals surface area contributed by atoms with Crippen molar-refractivity contribution in [3.63, 3.8) is 0 Å². The average Bonchev–Trinajstić information content (AvgIpc) is 2.77. The molecule has 0 aromatic rings. The SMILES string of the molecule is CCCCCCCCCOCOC=CCCCCCCCCCCCC(OC)OC. The Morgan fingerprint density at radius 3 is 1.77 bits per heavy atom. The van der Waals surface area contributed by atoms with E-state index in [1.54, 1.807) is 14.2 Å². The van der Waals surface area contributed by atoms with Crippen molar-refractivity contribution < 1.29 is 18.9 Å². The molecule has 30 heavy (non-hydrogen) atoms. The summed E-state index contributed by atoms with van der Waals surface area (Å²) >= 11 is 0. The number of hydrogen-bond donors (Lipinski definition) is 0. The highest BCUT2D eigenvalue weighted by molar-refractivity contribution is 4.72. The highest BCUT2D eigenvalue weighted by Crippen LogP contribution is 2.13. The molecule has 4 nitrogen and oxygen atoms in total. The summed E-state index contributed by atoms with van der Waals surface area (Å²) in [6, 6.07) is 0. The third-order valence-corrected chi connectivity index (χ3v) is 5.57. The molecule has 0 amide bonds. The van der Waals surface area contributed by atoms with Crippen LogP contribution in [0.5, 0.6) is 0 Å². The molecule has 0 heterocycles. The van der Waals surface area contributed by atoms with Crippen LogP contribution in [0.15, 0.2) is 12.3 Å². The molecule has 180 valence electrons. The van der Waals surface area contributed by atoms with Gasteiger partial charge < -0.3 is 18.9 Å². The summed E-state index contributed by atoms with van der Waals surface area (Å²) in [5, 5.41) is 0. The first-order valence-electron chi connectivity index (χ1n) is 12.7. The van der Waals surface area contributed by atoms with Gasteiger partial charge in [0.1, 0.15) is 0 Å². The Morgan fingerprint density at radius 2 is 1.17 bits per heavy atom. The molecule has 0 saturated heterocycles. The van der Waals surface area contributed by atoms with Gasteiger partial charge in [-0.1, -0.05) is 90.4 Å². The second-order valence-corrected chi connectivity index (χ2v) is 8.35. The van der Waals surface area contributed by atoms with Crippen molar-refractivity contribution in [2.75, 3.05) is 27.6 Å². The van der Waals surface area contributed by atoms with Gasteiger partial charge >= 0.3 is 0 Å². The van der Waals surface area contributed by atoms with Crippen LogP contribution in [0, 0.1) is 0 Å². The zero-order chi connectivity index (χ0) is 22.0. The lowest BCUT2D eigenvalue weighted by atomic mass is 10.1. The topological polar surface area (TPSA) is 36.9 Å². The lowest BCUT2D eigenvalue weighted by Gasteiger charge is -2.12. The number of unbranched alkanes of at least 4 members (excludes halogenated alkanes) is 15. The fourth-order valence-corrected chi connectivity index (χ4v) is 3.59. The predicted octanol–water partition coefficient (Wildman–Crippen LogP) is 8.15. The van der Waals surface area contributed by atoms with Gasteiger partial charge in [0, 0.05) is 14.2 Å². The first-order valence-corrected chi connectivity index (χ1v) is 12.7. The Bertz CT molecular complexity index is 329. The molecule has 0 aliphatic rings. The molecule has 0 unspecified atom stereocenters. The molecule has 0 saturated carbocycles. The van der Waals surface area contributed by atoms with Crippen LogP contribution < -0.4 is 0 Å². The summed E-state index contributed by atoms with van der Waals surface area (Å²) in [4.78, 5) is 0. The Hall–Kier alpha value is -0.580. The van der Waals surface area contributed by atoms with Crippen LogP contribution in [-0.2, 0) is 18.9 Å². The van der Waals surface area contributed by atoms with E-state index in [9.17, 15) is 0 Å². The average molecular weight is 429 g/mol. The van der Waals surface area contributed by atoms with Gasteiger partial charge in [-0.3, -0.25) is 0 Å². The maximum atomic E-state index is 5.51. The third kappa shape index (κ3) is 23.7. The van der Waals surface area contributed by atoms with Gasteiger partial charge in [-0.2, -0.15) is 0 Å². The van der Waals surface area contributed by atoms with Gasteiger partial charge in [-0.05, 0) is 38.2 Å². The van der Waals surface area contributed by atoms with Crippen LogP contribution in [0.2, 0.25) is 0 Å². The first kappa shape index (κ1) is 29.4. The van der Waals surface area contributed by atoms with Gasteiger partial charge in [-0.25, -0.2) is 0 Å². The number of rotatable bonds is 25. The number of ether oxygens (including phenoxy) is 4. The maximum Gasteiger partial charge on any atom is 0.188 e. The highest BCUT2D eigenvalue weighted by Gasteiger charge is 2.03. The molecule has 0 aromatic carbocycles. The van der Waals surface area contributed by atoms with Crippen molar-refractivity contribution in [3.05, 3.63) is 12.3 Å². The van der Waals surface area contributed by atoms with E-state index in [4.69, 9.17) is 18.9 Å². The van der Waals surface area contributed by atoms with E-state index in [-0.39, 0.29) is 6.29 Å². The molecule has 0 atom stereocenters. The summed E-state index contributed by atoms with van der Waals surface area (Å²) in [7, 11) is 3.42. The van der Waals surface area contributed by atoms with Gasteiger partial charge in [0.15, 0.2) is 13.1 Å². The van der Waals surface area contributed by atoms with E-state index < -0.39 is 0 Å². The van der Waals surface area contributed by atoms with Crippen molar-refractivity contribution in [2.24, 2.45) is 0 Å². The largest absolute Gasteiger partial charge is 0.475 e. The zero-order valence-corrected chi connectivity index (χ0v) is 20.5. The normalized spacial score (nSPS) is 11.7. The van der Waals surface area contributed by atoms with Crippen LogP contribution in [0.25, 0.3) is 0 Å². The minimum Gasteiger partial charge on any atom is -0.475 e. The second-order valence-electron chi connectivity index (χ2n) is 8.35. The van der Waals surface area contributed by atoms with Gasteiger partial charge in [0.05, 0.1) is 12.9 Å². The molecular formula is C26H52O4. The zero-order valence-electron chi connectivity index (χ0n) is 20.5. The third-order valence-electron chi connectivity index (χ3n) is 5.57. The summed E-state index contributed by atoms with van der Waals surface area (Å²) in [6.45, 7) is 3.47. The van der Waals surface area contributed by atoms with E-state index in [0.29, 0.717) is 6.79 Å². The van der Waals surface area contributed by atoms with Gasteiger partial charge in [0.2, 0.25) is 0 Å². The van der Waals surface area contributed by atoms with Crippen LogP contribution in [0.4, 0.5) is 0 Å². The van der Waals surface area contributed by atoms with Crippen molar-refractivity contribution in [3.8, 4) is 0 Å². The lowest BCUT2D eigenvalue weighted by molar-refractivity contribution is -0.107. The van der Waals surface area contributed by atoms with E-state index in [2.05, 4.69) is 13.0 Å². The van der Waals surface area contributed by atoms with Crippen LogP contribution in [0.3, 0.4) is 0 Å². The van der Waals surface area contributed by atoms with Gasteiger partial charge in [-0.15, -0.1) is 0 Å². The maximum absolute atomic E-state index is 5.51.